The molecule has 1 aromatic heterocycles. The third kappa shape index (κ3) is 1.78. The number of hydrogen-bond acceptors (Lipinski definition) is 3. The van der Waals surface area contributed by atoms with E-state index in [4.69, 9.17) is 4.74 Å². The maximum absolute atomic E-state index is 12.5. The number of nitrogens with zero attached hydrogens (tertiary/aromatic N) is 1. The number of benzene rings is 1. The van der Waals surface area contributed by atoms with Gasteiger partial charge in [0.2, 0.25) is 0 Å². The second kappa shape index (κ2) is 4.46. The zero-order valence-corrected chi connectivity index (χ0v) is 10.9. The van der Waals surface area contributed by atoms with Crippen LogP contribution in [-0.4, -0.2) is 19.1 Å². The molecule has 3 rings (SSSR count). The Bertz CT molecular complexity index is 591. The predicted molar refractivity (Wildman–Crippen MR) is 72.7 cm³/mol. The summed E-state index contributed by atoms with van der Waals surface area (Å²) in [5.74, 6) is 0.851. The first-order chi connectivity index (χ1) is 8.77. The minimum Gasteiger partial charge on any atom is -0.490 e. The number of amides is 1. The average Bonchev–Trinajstić information content (AvgIpc) is 2.83. The van der Waals surface area contributed by atoms with Crippen molar-refractivity contribution in [1.29, 1.82) is 0 Å². The lowest BCUT2D eigenvalue weighted by molar-refractivity contribution is 0.0980. The topological polar surface area (TPSA) is 29.5 Å². The van der Waals surface area contributed by atoms with E-state index in [0.717, 1.165) is 21.9 Å². The number of aryl methyl sites for hydroxylation is 1. The van der Waals surface area contributed by atoms with Crippen LogP contribution in [0, 0.1) is 6.92 Å². The number of fused-ring (bicyclic) bond motifs is 1. The molecule has 1 aliphatic rings. The average molecular weight is 259 g/mol. The summed E-state index contributed by atoms with van der Waals surface area (Å²) in [6, 6.07) is 9.65. The molecule has 0 saturated heterocycles. The summed E-state index contributed by atoms with van der Waals surface area (Å²) in [5, 5.41) is 1.95. The van der Waals surface area contributed by atoms with Crippen molar-refractivity contribution in [2.75, 3.05) is 18.1 Å². The molecular formula is C14H13NO2S. The van der Waals surface area contributed by atoms with Crippen LogP contribution in [0.15, 0.2) is 35.7 Å². The van der Waals surface area contributed by atoms with Crippen LogP contribution in [0.4, 0.5) is 5.69 Å². The monoisotopic (exact) mass is 259 g/mol. The van der Waals surface area contributed by atoms with Gasteiger partial charge >= 0.3 is 0 Å². The van der Waals surface area contributed by atoms with Crippen LogP contribution in [-0.2, 0) is 0 Å². The van der Waals surface area contributed by atoms with E-state index >= 15 is 0 Å². The van der Waals surface area contributed by atoms with Crippen LogP contribution in [0.5, 0.6) is 5.75 Å². The SMILES string of the molecule is Cc1ccsc1C(=O)N1CCOc2ccccc21. The van der Waals surface area contributed by atoms with Gasteiger partial charge in [0.15, 0.2) is 0 Å². The molecule has 0 unspecified atom stereocenters. The Morgan fingerprint density at radius 3 is 2.94 bits per heavy atom. The number of anilines is 1. The van der Waals surface area contributed by atoms with Gasteiger partial charge in [-0.3, -0.25) is 4.79 Å². The van der Waals surface area contributed by atoms with Gasteiger partial charge in [0, 0.05) is 0 Å². The molecule has 18 heavy (non-hydrogen) atoms. The highest BCUT2D eigenvalue weighted by atomic mass is 32.1. The Kier molecular flexibility index (Phi) is 2.80. The number of rotatable bonds is 1. The van der Waals surface area contributed by atoms with Crippen molar-refractivity contribution in [3.63, 3.8) is 0 Å². The number of thiophene rings is 1. The lowest BCUT2D eigenvalue weighted by atomic mass is 10.2. The first-order valence-electron chi connectivity index (χ1n) is 5.85. The molecule has 0 bridgehead atoms. The van der Waals surface area contributed by atoms with Crippen molar-refractivity contribution in [3.8, 4) is 5.75 Å². The summed E-state index contributed by atoms with van der Waals surface area (Å²) in [4.78, 5) is 15.1. The van der Waals surface area contributed by atoms with E-state index in [2.05, 4.69) is 0 Å². The van der Waals surface area contributed by atoms with Gasteiger partial charge in [-0.1, -0.05) is 12.1 Å². The van der Waals surface area contributed by atoms with E-state index in [-0.39, 0.29) is 5.91 Å². The Labute approximate surface area is 110 Å². The van der Waals surface area contributed by atoms with Crippen molar-refractivity contribution < 1.29 is 9.53 Å². The van der Waals surface area contributed by atoms with Crippen molar-refractivity contribution in [3.05, 3.63) is 46.2 Å². The molecule has 3 nitrogen and oxygen atoms in total. The molecule has 1 aliphatic heterocycles. The van der Waals surface area contributed by atoms with Crippen LogP contribution in [0.25, 0.3) is 0 Å². The molecule has 2 aromatic rings. The van der Waals surface area contributed by atoms with Crippen LogP contribution in [0.2, 0.25) is 0 Å². The largest absolute Gasteiger partial charge is 0.490 e. The van der Waals surface area contributed by atoms with Gasteiger partial charge in [-0.05, 0) is 36.1 Å². The van der Waals surface area contributed by atoms with Gasteiger partial charge in [0.25, 0.3) is 5.91 Å². The Balaban J connectivity index is 2.00. The summed E-state index contributed by atoms with van der Waals surface area (Å²) in [5.41, 5.74) is 1.90. The van der Waals surface area contributed by atoms with E-state index in [1.807, 2.05) is 42.6 Å². The lowest BCUT2D eigenvalue weighted by Crippen LogP contribution is -2.37. The van der Waals surface area contributed by atoms with Crippen molar-refractivity contribution in [2.45, 2.75) is 6.92 Å². The highest BCUT2D eigenvalue weighted by Crippen LogP contribution is 2.33. The first kappa shape index (κ1) is 11.3. The maximum Gasteiger partial charge on any atom is 0.268 e. The van der Waals surface area contributed by atoms with Crippen LogP contribution in [0.1, 0.15) is 15.2 Å². The molecule has 1 aromatic carbocycles. The summed E-state index contributed by atoms with van der Waals surface area (Å²) in [6.45, 7) is 3.12. The summed E-state index contributed by atoms with van der Waals surface area (Å²) < 4.78 is 5.56. The second-order valence-corrected chi connectivity index (χ2v) is 5.12. The van der Waals surface area contributed by atoms with E-state index in [9.17, 15) is 4.79 Å². The Hall–Kier alpha value is -1.81. The molecule has 4 heteroatoms. The Morgan fingerprint density at radius 2 is 2.17 bits per heavy atom. The zero-order chi connectivity index (χ0) is 12.5. The van der Waals surface area contributed by atoms with Crippen LogP contribution >= 0.6 is 11.3 Å². The fraction of sp³-hybridized carbons (Fsp3) is 0.214. The number of para-hydroxylation sites is 2. The maximum atomic E-state index is 12.5. The van der Waals surface area contributed by atoms with Gasteiger partial charge in [-0.25, -0.2) is 0 Å². The third-order valence-electron chi connectivity index (χ3n) is 3.03. The van der Waals surface area contributed by atoms with Gasteiger partial charge in [0.1, 0.15) is 12.4 Å². The number of carbonyl (C=O) groups is 1. The molecule has 0 atom stereocenters. The summed E-state index contributed by atoms with van der Waals surface area (Å²) in [7, 11) is 0. The summed E-state index contributed by atoms with van der Waals surface area (Å²) >= 11 is 1.49. The second-order valence-electron chi connectivity index (χ2n) is 4.21. The van der Waals surface area contributed by atoms with Gasteiger partial charge < -0.3 is 9.64 Å². The molecule has 92 valence electrons. The van der Waals surface area contributed by atoms with Gasteiger partial charge in [-0.15, -0.1) is 11.3 Å². The molecule has 0 aliphatic carbocycles. The fourth-order valence-electron chi connectivity index (χ4n) is 2.09. The lowest BCUT2D eigenvalue weighted by Gasteiger charge is -2.29. The molecular weight excluding hydrogens is 246 g/mol. The molecule has 0 saturated carbocycles. The van der Waals surface area contributed by atoms with Crippen molar-refractivity contribution in [2.24, 2.45) is 0 Å². The smallest absolute Gasteiger partial charge is 0.268 e. The molecule has 0 N–H and O–H groups in total. The quantitative estimate of drug-likeness (QED) is 0.787. The van der Waals surface area contributed by atoms with E-state index < -0.39 is 0 Å². The number of carbonyl (C=O) groups excluding carboxylic acids is 1. The van der Waals surface area contributed by atoms with E-state index in [1.165, 1.54) is 11.3 Å². The first-order valence-corrected chi connectivity index (χ1v) is 6.73. The third-order valence-corrected chi connectivity index (χ3v) is 4.03. The van der Waals surface area contributed by atoms with Crippen LogP contribution in [0.3, 0.4) is 0 Å². The van der Waals surface area contributed by atoms with Gasteiger partial charge in [0.05, 0.1) is 17.1 Å². The Morgan fingerprint density at radius 1 is 1.33 bits per heavy atom. The number of hydrogen-bond donors (Lipinski definition) is 0. The van der Waals surface area contributed by atoms with Gasteiger partial charge in [-0.2, -0.15) is 0 Å². The predicted octanol–water partition coefficient (Wildman–Crippen LogP) is 3.10. The molecule has 2 heterocycles. The molecule has 0 fully saturated rings. The minimum absolute atomic E-state index is 0.0678. The molecule has 0 radical (unpaired) electrons. The van der Waals surface area contributed by atoms with E-state index in [1.54, 1.807) is 4.90 Å². The molecule has 0 spiro atoms. The van der Waals surface area contributed by atoms with Crippen LogP contribution < -0.4 is 9.64 Å². The fourth-order valence-corrected chi connectivity index (χ4v) is 2.97. The van der Waals surface area contributed by atoms with Crippen molar-refractivity contribution >= 4 is 22.9 Å². The number of ether oxygens (including phenoxy) is 1. The summed E-state index contributed by atoms with van der Waals surface area (Å²) in [6.07, 6.45) is 0. The zero-order valence-electron chi connectivity index (χ0n) is 10.1. The minimum atomic E-state index is 0.0678. The molecule has 1 amide bonds. The highest BCUT2D eigenvalue weighted by Gasteiger charge is 2.25. The standard InChI is InChI=1S/C14H13NO2S/c1-10-6-9-18-13(10)14(16)15-7-8-17-12-5-3-2-4-11(12)15/h2-6,9H,7-8H2,1H3. The van der Waals surface area contributed by atoms with E-state index in [0.29, 0.717) is 13.2 Å². The normalized spacial score (nSPS) is 13.9. The highest BCUT2D eigenvalue weighted by molar-refractivity contribution is 7.12. The van der Waals surface area contributed by atoms with Crippen molar-refractivity contribution in [1.82, 2.24) is 0 Å².